The highest BCUT2D eigenvalue weighted by Crippen LogP contribution is 2.23. The van der Waals surface area contributed by atoms with Gasteiger partial charge in [0.2, 0.25) is 5.91 Å². The Morgan fingerprint density at radius 1 is 1.11 bits per heavy atom. The summed E-state index contributed by atoms with van der Waals surface area (Å²) in [5.74, 6) is 0.0387. The predicted molar refractivity (Wildman–Crippen MR) is 139 cm³/mol. The number of rotatable bonds is 5. The molecule has 2 aromatic carbocycles. The second kappa shape index (κ2) is 9.88. The first-order valence-electron chi connectivity index (χ1n) is 11.7. The molecule has 5 rings (SSSR count). The van der Waals surface area contributed by atoms with Crippen LogP contribution in [0.2, 0.25) is 5.02 Å². The molecule has 178 valence electrons. The molecule has 4 aromatic rings. The number of halogens is 1. The third-order valence-electron chi connectivity index (χ3n) is 6.35. The number of fused-ring (bicyclic) bond motifs is 1. The SMILES string of the molecule is Cc1ccc(Cn2c(=O)c(N3CCCC(C(=O)Nc4ccc(Cl)cc4)C3)nc3cccnc32)cc1. The number of piperidine rings is 1. The van der Waals surface area contributed by atoms with Crippen LogP contribution in [0.4, 0.5) is 11.5 Å². The van der Waals surface area contributed by atoms with Gasteiger partial charge in [0.1, 0.15) is 5.52 Å². The van der Waals surface area contributed by atoms with E-state index in [1.165, 1.54) is 0 Å². The van der Waals surface area contributed by atoms with Crippen molar-refractivity contribution in [1.82, 2.24) is 14.5 Å². The Morgan fingerprint density at radius 3 is 2.66 bits per heavy atom. The summed E-state index contributed by atoms with van der Waals surface area (Å²) in [6.45, 7) is 3.53. The minimum Gasteiger partial charge on any atom is -0.351 e. The molecule has 1 atom stereocenters. The average molecular weight is 488 g/mol. The topological polar surface area (TPSA) is 80.1 Å². The van der Waals surface area contributed by atoms with E-state index in [1.54, 1.807) is 35.0 Å². The van der Waals surface area contributed by atoms with Crippen LogP contribution in [-0.2, 0) is 11.3 Å². The lowest BCUT2D eigenvalue weighted by atomic mass is 9.97. The molecule has 1 fully saturated rings. The minimum absolute atomic E-state index is 0.0699. The smallest absolute Gasteiger partial charge is 0.295 e. The number of nitrogens with zero attached hydrogens (tertiary/aromatic N) is 4. The summed E-state index contributed by atoms with van der Waals surface area (Å²) in [7, 11) is 0. The van der Waals surface area contributed by atoms with Crippen LogP contribution in [0.3, 0.4) is 0 Å². The standard InChI is InChI=1S/C27H26ClN5O2/c1-18-6-8-19(9-7-18)16-33-24-23(5-2-14-29-24)31-25(27(33)35)32-15-3-4-20(17-32)26(34)30-22-12-10-21(28)11-13-22/h2,5-14,20H,3-4,15-17H2,1H3,(H,30,34). The van der Waals surface area contributed by atoms with Gasteiger partial charge in [-0.1, -0.05) is 41.4 Å². The van der Waals surface area contributed by atoms with Crippen molar-refractivity contribution in [3.05, 3.63) is 93.4 Å². The Morgan fingerprint density at radius 2 is 1.89 bits per heavy atom. The van der Waals surface area contributed by atoms with Crippen LogP contribution in [0.5, 0.6) is 0 Å². The molecule has 2 aromatic heterocycles. The lowest BCUT2D eigenvalue weighted by Gasteiger charge is -2.32. The van der Waals surface area contributed by atoms with Crippen molar-refractivity contribution in [2.75, 3.05) is 23.3 Å². The van der Waals surface area contributed by atoms with Gasteiger partial charge in [0, 0.05) is 30.0 Å². The molecule has 1 unspecified atom stereocenters. The van der Waals surface area contributed by atoms with Gasteiger partial charge < -0.3 is 10.2 Å². The number of hydrogen-bond acceptors (Lipinski definition) is 5. The molecule has 1 N–H and O–H groups in total. The van der Waals surface area contributed by atoms with Crippen LogP contribution in [0.25, 0.3) is 11.2 Å². The van der Waals surface area contributed by atoms with Gasteiger partial charge in [0.25, 0.3) is 5.56 Å². The highest BCUT2D eigenvalue weighted by Gasteiger charge is 2.29. The first-order chi connectivity index (χ1) is 17.0. The zero-order valence-electron chi connectivity index (χ0n) is 19.4. The van der Waals surface area contributed by atoms with E-state index >= 15 is 0 Å². The second-order valence-electron chi connectivity index (χ2n) is 8.94. The van der Waals surface area contributed by atoms with Crippen LogP contribution in [0, 0.1) is 12.8 Å². The van der Waals surface area contributed by atoms with Crippen LogP contribution >= 0.6 is 11.6 Å². The molecule has 0 saturated carbocycles. The fourth-order valence-electron chi connectivity index (χ4n) is 4.45. The molecule has 3 heterocycles. The fraction of sp³-hybridized carbons (Fsp3) is 0.259. The molecule has 0 spiro atoms. The number of hydrogen-bond donors (Lipinski definition) is 1. The quantitative estimate of drug-likeness (QED) is 0.443. The number of pyridine rings is 1. The summed E-state index contributed by atoms with van der Waals surface area (Å²) in [5, 5.41) is 3.58. The van der Waals surface area contributed by atoms with Gasteiger partial charge in [0.15, 0.2) is 11.5 Å². The number of benzene rings is 2. The number of aryl methyl sites for hydroxylation is 1. The molecule has 8 heteroatoms. The van der Waals surface area contributed by atoms with E-state index in [0.717, 1.165) is 24.0 Å². The zero-order valence-corrected chi connectivity index (χ0v) is 20.2. The second-order valence-corrected chi connectivity index (χ2v) is 9.38. The third-order valence-corrected chi connectivity index (χ3v) is 6.60. The first-order valence-corrected chi connectivity index (χ1v) is 12.1. The highest BCUT2D eigenvalue weighted by molar-refractivity contribution is 6.30. The summed E-state index contributed by atoms with van der Waals surface area (Å²) < 4.78 is 1.68. The number of nitrogens with one attached hydrogen (secondary N) is 1. The van der Waals surface area contributed by atoms with Gasteiger partial charge in [-0.3, -0.25) is 14.2 Å². The molecule has 1 amide bonds. The summed E-state index contributed by atoms with van der Waals surface area (Å²) in [6.07, 6.45) is 3.22. The Hall–Kier alpha value is -3.71. The van der Waals surface area contributed by atoms with E-state index in [4.69, 9.17) is 11.6 Å². The molecular formula is C27H26ClN5O2. The first kappa shape index (κ1) is 23.1. The number of carbonyl (C=O) groups is 1. The highest BCUT2D eigenvalue weighted by atomic mass is 35.5. The van der Waals surface area contributed by atoms with E-state index in [1.807, 2.05) is 48.2 Å². The molecular weight excluding hydrogens is 462 g/mol. The van der Waals surface area contributed by atoms with Crippen molar-refractivity contribution in [2.24, 2.45) is 5.92 Å². The Bertz CT molecular complexity index is 1420. The van der Waals surface area contributed by atoms with Crippen LogP contribution in [-0.4, -0.2) is 33.5 Å². The predicted octanol–water partition coefficient (Wildman–Crippen LogP) is 4.66. The number of anilines is 2. The number of carbonyl (C=O) groups excluding carboxylic acids is 1. The Kier molecular flexibility index (Phi) is 6.51. The molecule has 1 aliphatic heterocycles. The van der Waals surface area contributed by atoms with Crippen molar-refractivity contribution in [3.63, 3.8) is 0 Å². The molecule has 7 nitrogen and oxygen atoms in total. The van der Waals surface area contributed by atoms with Gasteiger partial charge in [-0.15, -0.1) is 0 Å². The summed E-state index contributed by atoms with van der Waals surface area (Å²) in [5.41, 5.74) is 3.89. The average Bonchev–Trinajstić information content (AvgIpc) is 2.88. The number of aromatic nitrogens is 3. The van der Waals surface area contributed by atoms with Crippen molar-refractivity contribution >= 4 is 40.2 Å². The molecule has 35 heavy (non-hydrogen) atoms. The van der Waals surface area contributed by atoms with Crippen molar-refractivity contribution in [2.45, 2.75) is 26.3 Å². The van der Waals surface area contributed by atoms with Crippen LogP contribution in [0.15, 0.2) is 71.7 Å². The maximum Gasteiger partial charge on any atom is 0.295 e. The van der Waals surface area contributed by atoms with E-state index in [-0.39, 0.29) is 17.4 Å². The van der Waals surface area contributed by atoms with E-state index in [9.17, 15) is 9.59 Å². The summed E-state index contributed by atoms with van der Waals surface area (Å²) >= 11 is 5.95. The van der Waals surface area contributed by atoms with Crippen LogP contribution in [0.1, 0.15) is 24.0 Å². The van der Waals surface area contributed by atoms with E-state index < -0.39 is 0 Å². The summed E-state index contributed by atoms with van der Waals surface area (Å²) in [4.78, 5) is 37.7. The maximum absolute atomic E-state index is 13.7. The van der Waals surface area contributed by atoms with Gasteiger partial charge in [-0.25, -0.2) is 9.97 Å². The normalized spacial score (nSPS) is 15.8. The monoisotopic (exact) mass is 487 g/mol. The Labute approximate surface area is 208 Å². The molecule has 1 aliphatic rings. The fourth-order valence-corrected chi connectivity index (χ4v) is 4.58. The van der Waals surface area contributed by atoms with Gasteiger partial charge >= 0.3 is 0 Å². The van der Waals surface area contributed by atoms with E-state index in [2.05, 4.69) is 15.3 Å². The lowest BCUT2D eigenvalue weighted by molar-refractivity contribution is -0.120. The summed E-state index contributed by atoms with van der Waals surface area (Å²) in [6, 6.07) is 18.8. The minimum atomic E-state index is -0.254. The Balaban J connectivity index is 1.44. The van der Waals surface area contributed by atoms with Crippen molar-refractivity contribution < 1.29 is 4.79 Å². The lowest BCUT2D eigenvalue weighted by Crippen LogP contribution is -2.44. The van der Waals surface area contributed by atoms with Crippen molar-refractivity contribution in [3.8, 4) is 0 Å². The number of amides is 1. The molecule has 1 saturated heterocycles. The van der Waals surface area contributed by atoms with Gasteiger partial charge in [0.05, 0.1) is 12.5 Å². The third kappa shape index (κ3) is 5.05. The molecule has 0 radical (unpaired) electrons. The van der Waals surface area contributed by atoms with Crippen LogP contribution < -0.4 is 15.8 Å². The molecule has 0 aliphatic carbocycles. The zero-order chi connectivity index (χ0) is 24.4. The largest absolute Gasteiger partial charge is 0.351 e. The van der Waals surface area contributed by atoms with Gasteiger partial charge in [-0.2, -0.15) is 0 Å². The maximum atomic E-state index is 13.7. The molecule has 0 bridgehead atoms. The van der Waals surface area contributed by atoms with E-state index in [0.29, 0.717) is 47.3 Å². The van der Waals surface area contributed by atoms with Gasteiger partial charge in [-0.05, 0) is 61.7 Å². The van der Waals surface area contributed by atoms with Crippen molar-refractivity contribution in [1.29, 1.82) is 0 Å².